The number of nitrogens with zero attached hydrogens (tertiary/aromatic N) is 1. The first-order valence-electron chi connectivity index (χ1n) is 6.34. The minimum absolute atomic E-state index is 0.0997. The average Bonchev–Trinajstić information content (AvgIpc) is 2.54. The van der Waals surface area contributed by atoms with Gasteiger partial charge in [-0.2, -0.15) is 0 Å². The smallest absolute Gasteiger partial charge is 0.267 e. The van der Waals surface area contributed by atoms with Gasteiger partial charge in [0.1, 0.15) is 5.69 Å². The Kier molecular flexibility index (Phi) is 4.57. The van der Waals surface area contributed by atoms with Crippen LogP contribution in [0.25, 0.3) is 0 Å². The highest BCUT2D eigenvalue weighted by Gasteiger charge is 2.10. The molecule has 7 nitrogen and oxygen atoms in total. The van der Waals surface area contributed by atoms with Gasteiger partial charge in [0, 0.05) is 18.0 Å². The topological polar surface area (TPSA) is 104 Å². The molecule has 7 heteroatoms. The van der Waals surface area contributed by atoms with Crippen molar-refractivity contribution in [1.29, 1.82) is 0 Å². The first-order chi connectivity index (χ1) is 10.5. The number of amides is 2. The molecule has 1 aromatic heterocycles. The number of hydrogen-bond donors (Lipinski definition) is 2. The quantitative estimate of drug-likeness (QED) is 0.870. The van der Waals surface area contributed by atoms with Gasteiger partial charge in [0.15, 0.2) is 11.5 Å². The van der Waals surface area contributed by atoms with Crippen LogP contribution >= 0.6 is 0 Å². The number of carbonyl (C=O) groups excluding carboxylic acids is 2. The van der Waals surface area contributed by atoms with Gasteiger partial charge < -0.3 is 20.5 Å². The second-order valence-corrected chi connectivity index (χ2v) is 4.32. The van der Waals surface area contributed by atoms with Crippen LogP contribution in [0.1, 0.15) is 20.8 Å². The van der Waals surface area contributed by atoms with Crippen LogP contribution in [0, 0.1) is 0 Å². The number of anilines is 1. The number of ether oxygens (including phenoxy) is 2. The van der Waals surface area contributed by atoms with Gasteiger partial charge in [-0.05, 0) is 24.3 Å². The summed E-state index contributed by atoms with van der Waals surface area (Å²) in [5.41, 5.74) is 6.04. The predicted molar refractivity (Wildman–Crippen MR) is 80.3 cm³/mol. The van der Waals surface area contributed by atoms with E-state index in [1.165, 1.54) is 32.5 Å². The summed E-state index contributed by atoms with van der Waals surface area (Å²) in [7, 11) is 3.04. The molecule has 0 aliphatic carbocycles. The predicted octanol–water partition coefficient (Wildman–Crippen LogP) is 1.45. The Balaban J connectivity index is 2.16. The van der Waals surface area contributed by atoms with Crippen LogP contribution in [0.3, 0.4) is 0 Å². The van der Waals surface area contributed by atoms with Crippen LogP contribution in [-0.2, 0) is 0 Å². The van der Waals surface area contributed by atoms with Gasteiger partial charge in [-0.3, -0.25) is 14.6 Å². The Morgan fingerprint density at radius 2 is 1.82 bits per heavy atom. The van der Waals surface area contributed by atoms with E-state index >= 15 is 0 Å². The molecule has 0 fully saturated rings. The van der Waals surface area contributed by atoms with Crippen molar-refractivity contribution >= 4 is 17.5 Å². The lowest BCUT2D eigenvalue weighted by Crippen LogP contribution is -2.15. The first-order valence-corrected chi connectivity index (χ1v) is 6.34. The molecule has 1 heterocycles. The Morgan fingerprint density at radius 1 is 1.09 bits per heavy atom. The maximum Gasteiger partial charge on any atom is 0.267 e. The number of nitrogens with one attached hydrogen (secondary N) is 1. The third kappa shape index (κ3) is 3.32. The fraction of sp³-hybridized carbons (Fsp3) is 0.133. The normalized spacial score (nSPS) is 9.91. The van der Waals surface area contributed by atoms with Crippen molar-refractivity contribution in [1.82, 2.24) is 4.98 Å². The molecule has 0 saturated heterocycles. The summed E-state index contributed by atoms with van der Waals surface area (Å²) in [6.45, 7) is 0. The number of rotatable bonds is 5. The van der Waals surface area contributed by atoms with Gasteiger partial charge in [0.25, 0.3) is 11.8 Å². The van der Waals surface area contributed by atoms with E-state index in [4.69, 9.17) is 15.2 Å². The van der Waals surface area contributed by atoms with Gasteiger partial charge in [0.05, 0.1) is 19.8 Å². The monoisotopic (exact) mass is 301 g/mol. The average molecular weight is 301 g/mol. The SMILES string of the molecule is COc1ccc(NC(=O)c2ccc(C(N)=O)nc2)cc1OC. The van der Waals surface area contributed by atoms with E-state index in [2.05, 4.69) is 10.3 Å². The van der Waals surface area contributed by atoms with E-state index in [9.17, 15) is 9.59 Å². The molecule has 22 heavy (non-hydrogen) atoms. The van der Waals surface area contributed by atoms with Crippen LogP contribution in [0.15, 0.2) is 36.5 Å². The minimum atomic E-state index is -0.646. The van der Waals surface area contributed by atoms with Gasteiger partial charge in [-0.1, -0.05) is 0 Å². The Labute approximate surface area is 127 Å². The lowest BCUT2D eigenvalue weighted by Gasteiger charge is -2.10. The minimum Gasteiger partial charge on any atom is -0.493 e. The highest BCUT2D eigenvalue weighted by Crippen LogP contribution is 2.29. The molecule has 0 saturated carbocycles. The Bertz CT molecular complexity index is 698. The van der Waals surface area contributed by atoms with Crippen molar-refractivity contribution in [3.63, 3.8) is 0 Å². The lowest BCUT2D eigenvalue weighted by molar-refractivity contribution is 0.0990. The summed E-state index contributed by atoms with van der Waals surface area (Å²) in [6.07, 6.45) is 1.29. The van der Waals surface area contributed by atoms with Crippen molar-refractivity contribution in [2.24, 2.45) is 5.73 Å². The summed E-state index contributed by atoms with van der Waals surface area (Å²) in [5.74, 6) is 0.0538. The van der Waals surface area contributed by atoms with E-state index in [1.54, 1.807) is 18.2 Å². The highest BCUT2D eigenvalue weighted by molar-refractivity contribution is 6.04. The summed E-state index contributed by atoms with van der Waals surface area (Å²) < 4.78 is 10.3. The summed E-state index contributed by atoms with van der Waals surface area (Å²) in [5, 5.41) is 2.70. The molecule has 0 spiro atoms. The Morgan fingerprint density at radius 3 is 2.36 bits per heavy atom. The van der Waals surface area contributed by atoms with Crippen LogP contribution < -0.4 is 20.5 Å². The fourth-order valence-electron chi connectivity index (χ4n) is 1.79. The molecule has 2 rings (SSSR count). The van der Waals surface area contributed by atoms with Gasteiger partial charge in [-0.15, -0.1) is 0 Å². The second-order valence-electron chi connectivity index (χ2n) is 4.32. The molecule has 0 aliphatic heterocycles. The van der Waals surface area contributed by atoms with Gasteiger partial charge >= 0.3 is 0 Å². The van der Waals surface area contributed by atoms with E-state index < -0.39 is 5.91 Å². The lowest BCUT2D eigenvalue weighted by atomic mass is 10.2. The molecular formula is C15H15N3O4. The molecule has 0 radical (unpaired) electrons. The van der Waals surface area contributed by atoms with E-state index in [0.717, 1.165) is 0 Å². The summed E-state index contributed by atoms with van der Waals surface area (Å²) >= 11 is 0. The maximum absolute atomic E-state index is 12.1. The number of aromatic nitrogens is 1. The van der Waals surface area contributed by atoms with Crippen LogP contribution in [-0.4, -0.2) is 31.0 Å². The number of methoxy groups -OCH3 is 2. The molecule has 2 aromatic rings. The van der Waals surface area contributed by atoms with Gasteiger partial charge in [0.2, 0.25) is 0 Å². The van der Waals surface area contributed by atoms with Crippen molar-refractivity contribution < 1.29 is 19.1 Å². The Hall–Kier alpha value is -3.09. The molecule has 114 valence electrons. The van der Waals surface area contributed by atoms with Crippen molar-refractivity contribution in [3.05, 3.63) is 47.8 Å². The standard InChI is InChI=1S/C15H15N3O4/c1-21-12-6-4-10(7-13(12)22-2)18-15(20)9-3-5-11(14(16)19)17-8-9/h3-8H,1-2H3,(H2,16,19)(H,18,20). The van der Waals surface area contributed by atoms with Crippen LogP contribution in [0.2, 0.25) is 0 Å². The fourth-order valence-corrected chi connectivity index (χ4v) is 1.79. The number of pyridine rings is 1. The molecular weight excluding hydrogens is 286 g/mol. The first kappa shape index (κ1) is 15.3. The highest BCUT2D eigenvalue weighted by atomic mass is 16.5. The number of nitrogens with two attached hydrogens (primary N) is 1. The summed E-state index contributed by atoms with van der Waals surface area (Å²) in [4.78, 5) is 26.9. The summed E-state index contributed by atoms with van der Waals surface area (Å²) in [6, 6.07) is 7.88. The van der Waals surface area contributed by atoms with Crippen molar-refractivity contribution in [2.45, 2.75) is 0 Å². The molecule has 3 N–H and O–H groups in total. The second kappa shape index (κ2) is 6.57. The molecule has 0 atom stereocenters. The third-order valence-electron chi connectivity index (χ3n) is 2.92. The molecule has 0 aliphatic rings. The molecule has 0 bridgehead atoms. The van der Waals surface area contributed by atoms with E-state index in [-0.39, 0.29) is 11.6 Å². The van der Waals surface area contributed by atoms with Crippen molar-refractivity contribution in [3.8, 4) is 11.5 Å². The number of hydrogen-bond acceptors (Lipinski definition) is 5. The molecule has 0 unspecified atom stereocenters. The molecule has 1 aromatic carbocycles. The largest absolute Gasteiger partial charge is 0.493 e. The molecule has 2 amide bonds. The third-order valence-corrected chi connectivity index (χ3v) is 2.92. The zero-order valence-electron chi connectivity index (χ0n) is 12.1. The number of carbonyl (C=O) groups is 2. The van der Waals surface area contributed by atoms with Crippen molar-refractivity contribution in [2.75, 3.05) is 19.5 Å². The zero-order valence-corrected chi connectivity index (χ0v) is 12.1. The zero-order chi connectivity index (χ0) is 16.1. The van der Waals surface area contributed by atoms with Crippen LogP contribution in [0.5, 0.6) is 11.5 Å². The number of benzene rings is 1. The van der Waals surface area contributed by atoms with Gasteiger partial charge in [-0.25, -0.2) is 0 Å². The van der Waals surface area contributed by atoms with E-state index in [0.29, 0.717) is 22.7 Å². The maximum atomic E-state index is 12.1. The van der Waals surface area contributed by atoms with Crippen LogP contribution in [0.4, 0.5) is 5.69 Å². The van der Waals surface area contributed by atoms with E-state index in [1.807, 2.05) is 0 Å². The number of primary amides is 1.